The number of carbonyl (C=O) groups is 1. The summed E-state index contributed by atoms with van der Waals surface area (Å²) in [5.74, 6) is 0.453. The monoisotopic (exact) mass is 434 g/mol. The van der Waals surface area contributed by atoms with Crippen LogP contribution in [0.1, 0.15) is 33.3 Å². The molecular weight excluding hydrogens is 408 g/mol. The first-order chi connectivity index (χ1) is 15.6. The molecule has 0 aliphatic carbocycles. The number of morpholine rings is 1. The molecule has 1 fully saturated rings. The van der Waals surface area contributed by atoms with Crippen molar-refractivity contribution in [3.05, 3.63) is 75.1 Å². The van der Waals surface area contributed by atoms with Crippen LogP contribution in [-0.2, 0) is 4.74 Å². The first kappa shape index (κ1) is 20.7. The summed E-state index contributed by atoms with van der Waals surface area (Å²) < 4.78 is 16.7. The van der Waals surface area contributed by atoms with Crippen LogP contribution in [-0.4, -0.2) is 62.2 Å². The maximum atomic E-state index is 13.6. The Balaban J connectivity index is 1.60. The Bertz CT molecular complexity index is 1210. The second-order valence-corrected chi connectivity index (χ2v) is 8.30. The molecule has 3 aromatic rings. The summed E-state index contributed by atoms with van der Waals surface area (Å²) in [4.78, 5) is 31.1. The van der Waals surface area contributed by atoms with E-state index in [1.54, 1.807) is 30.2 Å². The molecule has 1 saturated heterocycles. The summed E-state index contributed by atoms with van der Waals surface area (Å²) in [6, 6.07) is 12.6. The molecule has 2 aliphatic heterocycles. The molecule has 2 aromatic carbocycles. The Labute approximate surface area is 186 Å². The molecule has 1 unspecified atom stereocenters. The van der Waals surface area contributed by atoms with E-state index < -0.39 is 6.04 Å². The van der Waals surface area contributed by atoms with E-state index in [0.717, 1.165) is 24.2 Å². The minimum atomic E-state index is -0.470. The first-order valence-electron chi connectivity index (χ1n) is 10.9. The molecule has 0 spiro atoms. The van der Waals surface area contributed by atoms with E-state index in [1.807, 2.05) is 31.2 Å². The van der Waals surface area contributed by atoms with Crippen LogP contribution >= 0.6 is 0 Å². The van der Waals surface area contributed by atoms with Gasteiger partial charge in [-0.15, -0.1) is 0 Å². The zero-order valence-electron chi connectivity index (χ0n) is 18.3. The van der Waals surface area contributed by atoms with Gasteiger partial charge >= 0.3 is 0 Å². The van der Waals surface area contributed by atoms with Crippen LogP contribution in [0.3, 0.4) is 0 Å². The molecular formula is C25H26N2O5. The van der Waals surface area contributed by atoms with Crippen molar-refractivity contribution in [1.29, 1.82) is 0 Å². The molecule has 3 heterocycles. The molecule has 5 rings (SSSR count). The summed E-state index contributed by atoms with van der Waals surface area (Å²) in [5, 5.41) is 0.449. The summed E-state index contributed by atoms with van der Waals surface area (Å²) in [6.07, 6.45) is 0. The van der Waals surface area contributed by atoms with Gasteiger partial charge in [-0.2, -0.15) is 0 Å². The van der Waals surface area contributed by atoms with Crippen LogP contribution in [0.15, 0.2) is 51.7 Å². The van der Waals surface area contributed by atoms with E-state index in [2.05, 4.69) is 4.90 Å². The smallest absolute Gasteiger partial charge is 0.290 e. The fourth-order valence-corrected chi connectivity index (χ4v) is 4.53. The van der Waals surface area contributed by atoms with Crippen molar-refractivity contribution < 1.29 is 18.7 Å². The van der Waals surface area contributed by atoms with Crippen LogP contribution < -0.4 is 10.2 Å². The van der Waals surface area contributed by atoms with Gasteiger partial charge in [-0.3, -0.25) is 14.5 Å². The number of methoxy groups -OCH3 is 1. The van der Waals surface area contributed by atoms with Gasteiger partial charge in [0.15, 0.2) is 5.43 Å². The van der Waals surface area contributed by atoms with E-state index in [0.29, 0.717) is 48.6 Å². The van der Waals surface area contributed by atoms with Gasteiger partial charge in [0.25, 0.3) is 5.91 Å². The number of fused-ring (bicyclic) bond motifs is 2. The van der Waals surface area contributed by atoms with Gasteiger partial charge in [0.2, 0.25) is 5.76 Å². The summed E-state index contributed by atoms with van der Waals surface area (Å²) in [5.41, 5.74) is 2.63. The maximum absolute atomic E-state index is 13.6. The number of aryl methyl sites for hydroxylation is 1. The maximum Gasteiger partial charge on any atom is 0.290 e. The number of ether oxygens (including phenoxy) is 2. The normalized spacial score (nSPS) is 18.9. The van der Waals surface area contributed by atoms with Crippen LogP contribution in [0, 0.1) is 6.92 Å². The summed E-state index contributed by atoms with van der Waals surface area (Å²) in [7, 11) is 1.55. The molecule has 0 bridgehead atoms. The number of carbonyl (C=O) groups excluding carboxylic acids is 1. The fraction of sp³-hybridized carbons (Fsp3) is 0.360. The molecule has 0 saturated carbocycles. The molecule has 0 radical (unpaired) electrons. The van der Waals surface area contributed by atoms with Gasteiger partial charge in [0.05, 0.1) is 37.3 Å². The Morgan fingerprint density at radius 3 is 2.50 bits per heavy atom. The SMILES string of the molecule is COc1ccc2c(=O)c3c(oc2c1)C(=O)N(CCN1CCOCC1)C3c1ccc(C)cc1. The van der Waals surface area contributed by atoms with Crippen molar-refractivity contribution in [3.63, 3.8) is 0 Å². The Kier molecular flexibility index (Phi) is 5.45. The van der Waals surface area contributed by atoms with E-state index in [-0.39, 0.29) is 17.1 Å². The highest BCUT2D eigenvalue weighted by atomic mass is 16.5. The third kappa shape index (κ3) is 3.57. The zero-order valence-corrected chi connectivity index (χ0v) is 18.3. The van der Waals surface area contributed by atoms with Gasteiger partial charge < -0.3 is 18.8 Å². The zero-order chi connectivity index (χ0) is 22.2. The van der Waals surface area contributed by atoms with Gasteiger partial charge in [-0.25, -0.2) is 0 Å². The Hall–Kier alpha value is -3.16. The number of nitrogens with zero attached hydrogens (tertiary/aromatic N) is 2. The van der Waals surface area contributed by atoms with Crippen molar-refractivity contribution in [2.45, 2.75) is 13.0 Å². The lowest BCUT2D eigenvalue weighted by Crippen LogP contribution is -2.42. The molecule has 1 amide bonds. The van der Waals surface area contributed by atoms with Crippen LogP contribution in [0.25, 0.3) is 11.0 Å². The first-order valence-corrected chi connectivity index (χ1v) is 10.9. The third-order valence-corrected chi connectivity index (χ3v) is 6.33. The van der Waals surface area contributed by atoms with Gasteiger partial charge in [0.1, 0.15) is 11.3 Å². The average Bonchev–Trinajstić information content (AvgIpc) is 3.10. The lowest BCUT2D eigenvalue weighted by Gasteiger charge is -2.31. The lowest BCUT2D eigenvalue weighted by molar-refractivity contribution is 0.0314. The van der Waals surface area contributed by atoms with Gasteiger partial charge in [0, 0.05) is 32.2 Å². The van der Waals surface area contributed by atoms with Crippen molar-refractivity contribution in [1.82, 2.24) is 9.80 Å². The van der Waals surface area contributed by atoms with Gasteiger partial charge in [-0.05, 0) is 24.6 Å². The molecule has 166 valence electrons. The molecule has 1 aromatic heterocycles. The molecule has 2 aliphatic rings. The molecule has 1 atom stereocenters. The van der Waals surface area contributed by atoms with Crippen molar-refractivity contribution in [2.24, 2.45) is 0 Å². The Morgan fingerprint density at radius 2 is 1.78 bits per heavy atom. The topological polar surface area (TPSA) is 72.2 Å². The molecule has 7 nitrogen and oxygen atoms in total. The third-order valence-electron chi connectivity index (χ3n) is 6.33. The number of amides is 1. The van der Waals surface area contributed by atoms with Crippen LogP contribution in [0.4, 0.5) is 0 Å². The summed E-state index contributed by atoms with van der Waals surface area (Å²) >= 11 is 0. The molecule has 7 heteroatoms. The number of benzene rings is 2. The minimum absolute atomic E-state index is 0.128. The van der Waals surface area contributed by atoms with Crippen molar-refractivity contribution in [3.8, 4) is 5.75 Å². The lowest BCUT2D eigenvalue weighted by atomic mass is 9.97. The number of hydrogen-bond acceptors (Lipinski definition) is 6. The van der Waals surface area contributed by atoms with E-state index in [4.69, 9.17) is 13.9 Å². The van der Waals surface area contributed by atoms with E-state index >= 15 is 0 Å². The predicted octanol–water partition coefficient (Wildman–Crippen LogP) is 2.99. The predicted molar refractivity (Wildman–Crippen MR) is 120 cm³/mol. The largest absolute Gasteiger partial charge is 0.497 e. The number of rotatable bonds is 5. The van der Waals surface area contributed by atoms with E-state index in [1.165, 1.54) is 0 Å². The molecule has 0 N–H and O–H groups in total. The number of hydrogen-bond donors (Lipinski definition) is 0. The summed E-state index contributed by atoms with van der Waals surface area (Å²) in [6.45, 7) is 6.30. The standard InChI is InChI=1S/C25H26N2O5/c1-16-3-5-17(6-4-16)22-21-23(28)19-8-7-18(30-2)15-20(19)32-24(21)25(29)27(22)10-9-26-11-13-31-14-12-26/h3-8,15,22H,9-14H2,1-2H3. The molecule has 32 heavy (non-hydrogen) atoms. The van der Waals surface area contributed by atoms with Gasteiger partial charge in [-0.1, -0.05) is 29.8 Å². The quantitative estimate of drug-likeness (QED) is 0.615. The fourth-order valence-electron chi connectivity index (χ4n) is 4.53. The van der Waals surface area contributed by atoms with Crippen molar-refractivity contribution in [2.75, 3.05) is 46.5 Å². The highest BCUT2D eigenvalue weighted by Gasteiger charge is 2.42. The van der Waals surface area contributed by atoms with Crippen LogP contribution in [0.5, 0.6) is 5.75 Å². The second-order valence-electron chi connectivity index (χ2n) is 8.30. The minimum Gasteiger partial charge on any atom is -0.497 e. The van der Waals surface area contributed by atoms with Crippen molar-refractivity contribution >= 4 is 16.9 Å². The van der Waals surface area contributed by atoms with Crippen LogP contribution in [0.2, 0.25) is 0 Å². The highest BCUT2D eigenvalue weighted by Crippen LogP contribution is 2.38. The van der Waals surface area contributed by atoms with E-state index in [9.17, 15) is 9.59 Å². The Morgan fingerprint density at radius 1 is 1.03 bits per heavy atom. The average molecular weight is 434 g/mol. The second kappa shape index (κ2) is 8.41. The highest BCUT2D eigenvalue weighted by molar-refractivity contribution is 5.99.